The lowest BCUT2D eigenvalue weighted by Gasteiger charge is -2.25. The van der Waals surface area contributed by atoms with Crippen molar-refractivity contribution in [3.8, 4) is 5.75 Å². The minimum absolute atomic E-state index is 0.888. The quantitative estimate of drug-likeness (QED) is 0.895. The molecule has 0 atom stereocenters. The van der Waals surface area contributed by atoms with Crippen LogP contribution >= 0.6 is 15.9 Å². The maximum Gasteiger partial charge on any atom is 0.123 e. The van der Waals surface area contributed by atoms with E-state index in [-0.39, 0.29) is 0 Å². The first kappa shape index (κ1) is 11.9. The number of halogens is 1. The lowest BCUT2D eigenvalue weighted by molar-refractivity contribution is 0.300. The summed E-state index contributed by atoms with van der Waals surface area (Å²) >= 11 is 3.49. The Kier molecular flexibility index (Phi) is 4.24. The van der Waals surface area contributed by atoms with Crippen LogP contribution in [0.1, 0.15) is 24.8 Å². The van der Waals surface area contributed by atoms with E-state index < -0.39 is 0 Å². The van der Waals surface area contributed by atoms with Crippen molar-refractivity contribution in [2.75, 3.05) is 13.7 Å². The van der Waals surface area contributed by atoms with Crippen LogP contribution in [0.3, 0.4) is 0 Å². The van der Waals surface area contributed by atoms with Crippen LogP contribution in [-0.4, -0.2) is 13.7 Å². The zero-order valence-corrected chi connectivity index (χ0v) is 11.2. The molecule has 0 bridgehead atoms. The van der Waals surface area contributed by atoms with Crippen molar-refractivity contribution in [1.29, 1.82) is 0 Å². The van der Waals surface area contributed by atoms with Crippen molar-refractivity contribution < 1.29 is 4.74 Å². The molecule has 1 aromatic carbocycles. The molecule has 0 amide bonds. The zero-order chi connectivity index (χ0) is 11.4. The maximum absolute atomic E-state index is 5.34. The molecule has 1 aliphatic rings. The Morgan fingerprint density at radius 3 is 2.88 bits per heavy atom. The third kappa shape index (κ3) is 2.98. The fourth-order valence-electron chi connectivity index (χ4n) is 1.99. The Labute approximate surface area is 106 Å². The molecule has 2 nitrogen and oxygen atoms in total. The van der Waals surface area contributed by atoms with Gasteiger partial charge in [0.25, 0.3) is 0 Å². The minimum Gasteiger partial charge on any atom is -0.496 e. The van der Waals surface area contributed by atoms with Crippen LogP contribution in [0.5, 0.6) is 5.75 Å². The van der Waals surface area contributed by atoms with Gasteiger partial charge in [-0.25, -0.2) is 0 Å². The van der Waals surface area contributed by atoms with E-state index in [1.807, 2.05) is 12.1 Å². The molecule has 1 fully saturated rings. The van der Waals surface area contributed by atoms with Crippen LogP contribution in [0.15, 0.2) is 22.7 Å². The monoisotopic (exact) mass is 283 g/mol. The summed E-state index contributed by atoms with van der Waals surface area (Å²) in [5, 5.41) is 3.50. The Hall–Kier alpha value is -0.540. The van der Waals surface area contributed by atoms with E-state index in [4.69, 9.17) is 4.74 Å². The minimum atomic E-state index is 0.888. The van der Waals surface area contributed by atoms with Crippen LogP contribution in [-0.2, 0) is 6.54 Å². The third-order valence-corrected chi connectivity index (χ3v) is 3.71. The van der Waals surface area contributed by atoms with Crippen molar-refractivity contribution in [3.63, 3.8) is 0 Å². The topological polar surface area (TPSA) is 21.3 Å². The highest BCUT2D eigenvalue weighted by Crippen LogP contribution is 2.26. The summed E-state index contributed by atoms with van der Waals surface area (Å²) in [4.78, 5) is 0. The van der Waals surface area contributed by atoms with E-state index in [0.29, 0.717) is 0 Å². The molecule has 88 valence electrons. The summed E-state index contributed by atoms with van der Waals surface area (Å²) in [5.41, 5.74) is 1.22. The van der Waals surface area contributed by atoms with Gasteiger partial charge < -0.3 is 10.1 Å². The predicted molar refractivity (Wildman–Crippen MR) is 69.7 cm³/mol. The molecule has 0 aromatic heterocycles. The lowest BCUT2D eigenvalue weighted by atomic mass is 9.85. The number of hydrogen-bond donors (Lipinski definition) is 1. The molecule has 0 unspecified atom stereocenters. The van der Waals surface area contributed by atoms with Gasteiger partial charge >= 0.3 is 0 Å². The number of nitrogens with one attached hydrogen (secondary N) is 1. The molecule has 3 heteroatoms. The van der Waals surface area contributed by atoms with Gasteiger partial charge in [-0.3, -0.25) is 0 Å². The van der Waals surface area contributed by atoms with Crippen LogP contribution in [0.2, 0.25) is 0 Å². The molecular weight excluding hydrogens is 266 g/mol. The molecule has 16 heavy (non-hydrogen) atoms. The Bertz CT molecular complexity index is 350. The first-order valence-electron chi connectivity index (χ1n) is 5.82. The van der Waals surface area contributed by atoms with Gasteiger partial charge in [0.15, 0.2) is 0 Å². The van der Waals surface area contributed by atoms with Gasteiger partial charge in [-0.05, 0) is 43.5 Å². The molecule has 0 heterocycles. The number of rotatable bonds is 5. The molecule has 0 saturated heterocycles. The molecule has 1 saturated carbocycles. The third-order valence-electron chi connectivity index (χ3n) is 3.22. The van der Waals surface area contributed by atoms with E-state index in [9.17, 15) is 0 Å². The Morgan fingerprint density at radius 2 is 2.25 bits per heavy atom. The molecule has 1 aliphatic carbocycles. The van der Waals surface area contributed by atoms with E-state index >= 15 is 0 Å². The fourth-order valence-corrected chi connectivity index (χ4v) is 2.40. The molecule has 1 N–H and O–H groups in total. The van der Waals surface area contributed by atoms with Gasteiger partial charge in [0.2, 0.25) is 0 Å². The molecule has 0 aliphatic heterocycles. The number of methoxy groups -OCH3 is 1. The summed E-state index contributed by atoms with van der Waals surface area (Å²) in [6, 6.07) is 6.13. The van der Waals surface area contributed by atoms with Crippen LogP contribution in [0.4, 0.5) is 0 Å². The van der Waals surface area contributed by atoms with Crippen molar-refractivity contribution in [1.82, 2.24) is 5.32 Å². The average molecular weight is 284 g/mol. The van der Waals surface area contributed by atoms with Crippen molar-refractivity contribution >= 4 is 15.9 Å². The molecule has 2 rings (SSSR count). The van der Waals surface area contributed by atoms with Crippen molar-refractivity contribution in [2.24, 2.45) is 5.92 Å². The van der Waals surface area contributed by atoms with Gasteiger partial charge in [0, 0.05) is 16.6 Å². The summed E-state index contributed by atoms with van der Waals surface area (Å²) < 4.78 is 6.44. The standard InChI is InChI=1S/C13H18BrNO/c1-16-13-6-5-12(14)7-11(13)9-15-8-10-3-2-4-10/h5-7,10,15H,2-4,8-9H2,1H3. The Morgan fingerprint density at radius 1 is 1.44 bits per heavy atom. The summed E-state index contributed by atoms with van der Waals surface area (Å²) in [6.45, 7) is 2.02. The molecular formula is C13H18BrNO. The summed E-state index contributed by atoms with van der Waals surface area (Å²) in [5.74, 6) is 1.86. The fraction of sp³-hybridized carbons (Fsp3) is 0.538. The zero-order valence-electron chi connectivity index (χ0n) is 9.63. The Balaban J connectivity index is 1.88. The van der Waals surface area contributed by atoms with Crippen molar-refractivity contribution in [2.45, 2.75) is 25.8 Å². The largest absolute Gasteiger partial charge is 0.496 e. The predicted octanol–water partition coefficient (Wildman–Crippen LogP) is 3.35. The highest BCUT2D eigenvalue weighted by atomic mass is 79.9. The van der Waals surface area contributed by atoms with Crippen molar-refractivity contribution in [3.05, 3.63) is 28.2 Å². The van der Waals surface area contributed by atoms with E-state index in [1.165, 1.54) is 24.8 Å². The van der Waals surface area contributed by atoms with Gasteiger partial charge in [0.1, 0.15) is 5.75 Å². The van der Waals surface area contributed by atoms with Crippen LogP contribution in [0, 0.1) is 5.92 Å². The molecule has 1 aromatic rings. The number of hydrogen-bond acceptors (Lipinski definition) is 2. The molecule has 0 radical (unpaired) electrons. The van der Waals surface area contributed by atoms with E-state index in [0.717, 1.165) is 29.2 Å². The second-order valence-corrected chi connectivity index (χ2v) is 5.30. The van der Waals surface area contributed by atoms with Gasteiger partial charge in [-0.2, -0.15) is 0 Å². The van der Waals surface area contributed by atoms with Gasteiger partial charge in [0.05, 0.1) is 7.11 Å². The van der Waals surface area contributed by atoms with E-state index in [2.05, 4.69) is 27.3 Å². The lowest BCUT2D eigenvalue weighted by Crippen LogP contribution is -2.27. The molecule has 0 spiro atoms. The normalized spacial score (nSPS) is 15.9. The average Bonchev–Trinajstić information content (AvgIpc) is 2.22. The smallest absolute Gasteiger partial charge is 0.123 e. The first-order valence-corrected chi connectivity index (χ1v) is 6.62. The first-order chi connectivity index (χ1) is 7.79. The number of benzene rings is 1. The summed E-state index contributed by atoms with van der Waals surface area (Å²) in [7, 11) is 1.72. The maximum atomic E-state index is 5.34. The summed E-state index contributed by atoms with van der Waals surface area (Å²) in [6.07, 6.45) is 4.19. The van der Waals surface area contributed by atoms with Crippen LogP contribution < -0.4 is 10.1 Å². The van der Waals surface area contributed by atoms with Gasteiger partial charge in [-0.1, -0.05) is 22.4 Å². The highest BCUT2D eigenvalue weighted by Gasteiger charge is 2.16. The van der Waals surface area contributed by atoms with Crippen LogP contribution in [0.25, 0.3) is 0 Å². The SMILES string of the molecule is COc1ccc(Br)cc1CNCC1CCC1. The van der Waals surface area contributed by atoms with E-state index in [1.54, 1.807) is 7.11 Å². The second-order valence-electron chi connectivity index (χ2n) is 4.38. The second kappa shape index (κ2) is 5.69. The van der Waals surface area contributed by atoms with Gasteiger partial charge in [-0.15, -0.1) is 0 Å². The number of ether oxygens (including phenoxy) is 1. The highest BCUT2D eigenvalue weighted by molar-refractivity contribution is 9.10.